The maximum atomic E-state index is 13.1. The Hall–Kier alpha value is -4.20. The Morgan fingerprint density at radius 1 is 1.14 bits per heavy atom. The van der Waals surface area contributed by atoms with Gasteiger partial charge in [0.15, 0.2) is 6.29 Å². The van der Waals surface area contributed by atoms with E-state index in [1.54, 1.807) is 6.92 Å². The Morgan fingerprint density at radius 3 is 2.58 bits per heavy atom. The van der Waals surface area contributed by atoms with Crippen molar-refractivity contribution in [1.29, 1.82) is 0 Å². The Bertz CT molecular complexity index is 1240. The van der Waals surface area contributed by atoms with E-state index >= 15 is 0 Å². The van der Waals surface area contributed by atoms with Crippen molar-refractivity contribution in [3.05, 3.63) is 63.7 Å². The minimum atomic E-state index is -4.55. The maximum absolute atomic E-state index is 13.1. The molecule has 0 aromatic heterocycles. The highest BCUT2D eigenvalue weighted by atomic mass is 19.4. The van der Waals surface area contributed by atoms with Crippen LogP contribution >= 0.6 is 0 Å². The molecule has 2 aliphatic rings. The smallest absolute Gasteiger partial charge is 0.353 e. The average Bonchev–Trinajstić information content (AvgIpc) is 2.79. The first-order chi connectivity index (χ1) is 16.9. The first-order valence-electron chi connectivity index (χ1n) is 10.8. The summed E-state index contributed by atoms with van der Waals surface area (Å²) in [5.41, 5.74) is -0.339. The SMILES string of the molecule is Cc1ccc([N+](=O)[O-])cc1NC(=O)C1CC(=O)NC2NC(Nc3cccc(C(F)(F)F)c3)NC(=O)C21. The fourth-order valence-electron chi connectivity index (χ4n) is 4.19. The number of nitrogens with one attached hydrogen (secondary N) is 5. The number of piperidine rings is 1. The van der Waals surface area contributed by atoms with Gasteiger partial charge in [-0.3, -0.25) is 29.8 Å². The summed E-state index contributed by atoms with van der Waals surface area (Å²) in [6, 6.07) is 8.29. The highest BCUT2D eigenvalue weighted by Gasteiger charge is 2.48. The predicted octanol–water partition coefficient (Wildman–Crippen LogP) is 2.05. The van der Waals surface area contributed by atoms with Crippen LogP contribution in [0.25, 0.3) is 0 Å². The number of hydrogen-bond donors (Lipinski definition) is 5. The van der Waals surface area contributed by atoms with Gasteiger partial charge in [0.05, 0.1) is 34.2 Å². The zero-order valence-electron chi connectivity index (χ0n) is 18.7. The molecule has 3 amide bonds. The van der Waals surface area contributed by atoms with Crippen LogP contribution in [0.3, 0.4) is 0 Å². The highest BCUT2D eigenvalue weighted by molar-refractivity contribution is 6.00. The normalized spacial score (nSPS) is 23.7. The lowest BCUT2D eigenvalue weighted by molar-refractivity contribution is -0.384. The van der Waals surface area contributed by atoms with E-state index in [-0.39, 0.29) is 23.5 Å². The number of halogens is 3. The standard InChI is InChI=1S/C22H21F3N6O5/c1-10-5-6-13(31(35)36)8-15(10)27-19(33)14-9-16(32)28-18-17(14)20(34)30-21(29-18)26-12-4-2-3-11(7-12)22(23,24)25/h2-8,14,17-18,21,26,29H,9H2,1H3,(H,27,33)(H,28,32)(H,30,34). The van der Waals surface area contributed by atoms with Gasteiger partial charge in [-0.25, -0.2) is 0 Å². The van der Waals surface area contributed by atoms with Gasteiger partial charge in [0.2, 0.25) is 17.7 Å². The number of aryl methyl sites for hydroxylation is 1. The summed E-state index contributed by atoms with van der Waals surface area (Å²) in [5, 5.41) is 24.4. The number of nitro groups is 1. The molecule has 11 nitrogen and oxygen atoms in total. The van der Waals surface area contributed by atoms with E-state index in [0.717, 1.165) is 12.1 Å². The van der Waals surface area contributed by atoms with Crippen molar-refractivity contribution < 1.29 is 32.5 Å². The molecule has 2 aromatic carbocycles. The molecule has 190 valence electrons. The number of fused-ring (bicyclic) bond motifs is 1. The molecule has 4 atom stereocenters. The van der Waals surface area contributed by atoms with E-state index < -0.39 is 58.7 Å². The molecule has 4 rings (SSSR count). The summed E-state index contributed by atoms with van der Waals surface area (Å²) < 4.78 is 39.0. The van der Waals surface area contributed by atoms with Gasteiger partial charge in [0.25, 0.3) is 5.69 Å². The van der Waals surface area contributed by atoms with Crippen LogP contribution in [0.2, 0.25) is 0 Å². The van der Waals surface area contributed by atoms with Crippen molar-refractivity contribution in [3.63, 3.8) is 0 Å². The second kappa shape index (κ2) is 9.45. The zero-order valence-corrected chi connectivity index (χ0v) is 18.7. The number of non-ortho nitro benzene ring substituents is 1. The Kier molecular flexibility index (Phi) is 6.54. The van der Waals surface area contributed by atoms with Crippen LogP contribution in [0.1, 0.15) is 17.5 Å². The Labute approximate surface area is 202 Å². The molecule has 2 fully saturated rings. The summed E-state index contributed by atoms with van der Waals surface area (Å²) in [5.74, 6) is -3.96. The summed E-state index contributed by atoms with van der Waals surface area (Å²) in [7, 11) is 0. The lowest BCUT2D eigenvalue weighted by Crippen LogP contribution is -2.72. The number of nitro benzene ring substituents is 1. The first-order valence-corrected chi connectivity index (χ1v) is 10.8. The van der Waals surface area contributed by atoms with E-state index in [9.17, 15) is 37.7 Å². The lowest BCUT2D eigenvalue weighted by Gasteiger charge is -2.43. The summed E-state index contributed by atoms with van der Waals surface area (Å²) in [6.07, 6.45) is -6.89. The molecule has 36 heavy (non-hydrogen) atoms. The minimum Gasteiger partial charge on any atom is -0.353 e. The van der Waals surface area contributed by atoms with Gasteiger partial charge in [-0.1, -0.05) is 12.1 Å². The molecule has 2 heterocycles. The quantitative estimate of drug-likeness (QED) is 0.307. The van der Waals surface area contributed by atoms with Crippen molar-refractivity contribution in [1.82, 2.24) is 16.0 Å². The van der Waals surface area contributed by atoms with Crippen LogP contribution in [-0.2, 0) is 20.6 Å². The molecule has 0 aliphatic carbocycles. The van der Waals surface area contributed by atoms with E-state index in [1.165, 1.54) is 30.3 Å². The van der Waals surface area contributed by atoms with Crippen LogP contribution in [0.15, 0.2) is 42.5 Å². The number of carbonyl (C=O) groups is 3. The number of rotatable bonds is 5. The molecule has 0 saturated carbocycles. The maximum Gasteiger partial charge on any atom is 0.416 e. The number of alkyl halides is 3. The molecule has 2 aliphatic heterocycles. The van der Waals surface area contributed by atoms with Gasteiger partial charge < -0.3 is 21.3 Å². The van der Waals surface area contributed by atoms with Gasteiger partial charge in [-0.15, -0.1) is 0 Å². The largest absolute Gasteiger partial charge is 0.416 e. The monoisotopic (exact) mass is 506 g/mol. The number of amides is 3. The van der Waals surface area contributed by atoms with Crippen LogP contribution < -0.4 is 26.6 Å². The third kappa shape index (κ3) is 5.22. The first kappa shape index (κ1) is 24.9. The Morgan fingerprint density at radius 2 is 1.89 bits per heavy atom. The number of benzene rings is 2. The van der Waals surface area contributed by atoms with Crippen LogP contribution in [0.4, 0.5) is 30.2 Å². The fraction of sp³-hybridized carbons (Fsp3) is 0.318. The van der Waals surface area contributed by atoms with Gasteiger partial charge in [0, 0.05) is 24.2 Å². The van der Waals surface area contributed by atoms with Gasteiger partial charge >= 0.3 is 6.18 Å². The van der Waals surface area contributed by atoms with E-state index in [1.807, 2.05) is 0 Å². The third-order valence-corrected chi connectivity index (χ3v) is 5.98. The molecule has 5 N–H and O–H groups in total. The van der Waals surface area contributed by atoms with Crippen molar-refractivity contribution >= 4 is 34.8 Å². The molecule has 0 spiro atoms. The van der Waals surface area contributed by atoms with Crippen molar-refractivity contribution in [2.24, 2.45) is 11.8 Å². The molecule has 0 radical (unpaired) electrons. The predicted molar refractivity (Wildman–Crippen MR) is 120 cm³/mol. The second-order valence-electron chi connectivity index (χ2n) is 8.46. The molecular formula is C22H21F3N6O5. The molecule has 2 aromatic rings. The molecular weight excluding hydrogens is 485 g/mol. The summed E-state index contributed by atoms with van der Waals surface area (Å²) >= 11 is 0. The molecule has 4 unspecified atom stereocenters. The van der Waals surface area contributed by atoms with Crippen LogP contribution in [0.5, 0.6) is 0 Å². The van der Waals surface area contributed by atoms with E-state index in [0.29, 0.717) is 5.56 Å². The minimum absolute atomic E-state index is 0.0682. The fourth-order valence-corrected chi connectivity index (χ4v) is 4.19. The van der Waals surface area contributed by atoms with Crippen molar-refractivity contribution in [2.45, 2.75) is 32.0 Å². The van der Waals surface area contributed by atoms with Crippen molar-refractivity contribution in [3.8, 4) is 0 Å². The molecule has 2 saturated heterocycles. The van der Waals surface area contributed by atoms with Crippen LogP contribution in [-0.4, -0.2) is 35.1 Å². The van der Waals surface area contributed by atoms with Gasteiger partial charge in [-0.05, 0) is 30.7 Å². The van der Waals surface area contributed by atoms with Gasteiger partial charge in [0.1, 0.15) is 0 Å². The second-order valence-corrected chi connectivity index (χ2v) is 8.46. The number of anilines is 2. The van der Waals surface area contributed by atoms with E-state index in [2.05, 4.69) is 26.6 Å². The number of carbonyl (C=O) groups excluding carboxylic acids is 3. The average molecular weight is 506 g/mol. The Balaban J connectivity index is 1.50. The number of nitrogens with zero attached hydrogens (tertiary/aromatic N) is 1. The van der Waals surface area contributed by atoms with Crippen LogP contribution in [0, 0.1) is 28.9 Å². The topological polar surface area (TPSA) is 154 Å². The summed E-state index contributed by atoms with van der Waals surface area (Å²) in [6.45, 7) is 1.63. The third-order valence-electron chi connectivity index (χ3n) is 5.98. The highest BCUT2D eigenvalue weighted by Crippen LogP contribution is 2.32. The number of hydrogen-bond acceptors (Lipinski definition) is 7. The van der Waals surface area contributed by atoms with Crippen molar-refractivity contribution in [2.75, 3.05) is 10.6 Å². The molecule has 0 bridgehead atoms. The van der Waals surface area contributed by atoms with E-state index in [4.69, 9.17) is 0 Å². The summed E-state index contributed by atoms with van der Waals surface area (Å²) in [4.78, 5) is 48.8. The lowest BCUT2D eigenvalue weighted by atomic mass is 9.81. The van der Waals surface area contributed by atoms with Gasteiger partial charge in [-0.2, -0.15) is 13.2 Å². The zero-order chi connectivity index (χ0) is 26.2. The molecule has 14 heteroatoms.